The number of anilines is 1. The van der Waals surface area contributed by atoms with Crippen LogP contribution in [0.2, 0.25) is 5.02 Å². The molecule has 4 heteroatoms. The van der Waals surface area contributed by atoms with Crippen molar-refractivity contribution in [2.75, 3.05) is 12.8 Å². The average Bonchev–Trinajstić information content (AvgIpc) is 2.29. The maximum Gasteiger partial charge on any atom is 0.130 e. The van der Waals surface area contributed by atoms with E-state index < -0.39 is 0 Å². The van der Waals surface area contributed by atoms with Gasteiger partial charge < -0.3 is 10.5 Å². The molecule has 1 aromatic heterocycles. The van der Waals surface area contributed by atoms with Gasteiger partial charge >= 0.3 is 0 Å². The first-order valence-corrected chi connectivity index (χ1v) is 6.32. The monoisotopic (exact) mass is 264 g/mol. The van der Waals surface area contributed by atoms with Crippen LogP contribution in [0.3, 0.4) is 0 Å². The van der Waals surface area contributed by atoms with E-state index in [-0.39, 0.29) is 0 Å². The zero-order valence-corrected chi connectivity index (χ0v) is 11.6. The molecule has 96 valence electrons. The van der Waals surface area contributed by atoms with Crippen molar-refractivity contribution in [3.05, 3.63) is 28.9 Å². The van der Waals surface area contributed by atoms with Crippen molar-refractivity contribution in [2.24, 2.45) is 5.92 Å². The molecule has 2 N–H and O–H groups in total. The van der Waals surface area contributed by atoms with Crippen LogP contribution in [0.1, 0.15) is 19.5 Å². The Balaban J connectivity index is 2.68. The number of methoxy groups -OCH3 is 1. The number of nitrogens with zero attached hydrogens (tertiary/aromatic N) is 1. The molecule has 0 saturated carbocycles. The smallest absolute Gasteiger partial charge is 0.130 e. The number of halogens is 1. The second kappa shape index (κ2) is 5.02. The number of rotatable bonds is 3. The summed E-state index contributed by atoms with van der Waals surface area (Å²) in [7, 11) is 1.62. The molecule has 0 amide bonds. The lowest BCUT2D eigenvalue weighted by molar-refractivity contribution is 0.420. The summed E-state index contributed by atoms with van der Waals surface area (Å²) in [5, 5.41) is 1.39. The van der Waals surface area contributed by atoms with E-state index in [1.807, 2.05) is 12.1 Å². The maximum atomic E-state index is 6.19. The van der Waals surface area contributed by atoms with Crippen LogP contribution in [-0.4, -0.2) is 12.1 Å². The third-order valence-electron chi connectivity index (χ3n) is 2.79. The van der Waals surface area contributed by atoms with Gasteiger partial charge in [-0.05, 0) is 30.5 Å². The largest absolute Gasteiger partial charge is 0.496 e. The predicted molar refractivity (Wildman–Crippen MR) is 76.3 cm³/mol. The van der Waals surface area contributed by atoms with Crippen LogP contribution in [0.25, 0.3) is 10.9 Å². The van der Waals surface area contributed by atoms with Crippen molar-refractivity contribution >= 4 is 28.2 Å². The molecule has 0 spiro atoms. The first-order chi connectivity index (χ1) is 8.52. The number of ether oxygens (including phenoxy) is 1. The minimum absolute atomic E-state index is 0.527. The number of nitrogen functional groups attached to an aromatic ring is 1. The summed E-state index contributed by atoms with van der Waals surface area (Å²) in [6.07, 6.45) is 0.883. The van der Waals surface area contributed by atoms with Crippen LogP contribution in [0.4, 0.5) is 5.69 Å². The summed E-state index contributed by atoms with van der Waals surface area (Å²) in [5.41, 5.74) is 8.44. The quantitative estimate of drug-likeness (QED) is 0.920. The van der Waals surface area contributed by atoms with Gasteiger partial charge in [-0.15, -0.1) is 0 Å². The third-order valence-corrected chi connectivity index (χ3v) is 3.10. The number of pyridine rings is 1. The molecule has 0 bridgehead atoms. The molecule has 1 heterocycles. The Morgan fingerprint density at radius 3 is 2.72 bits per heavy atom. The molecule has 0 aliphatic rings. The summed E-state index contributed by atoms with van der Waals surface area (Å²) in [5.74, 6) is 1.23. The van der Waals surface area contributed by atoms with E-state index in [0.717, 1.165) is 17.5 Å². The van der Waals surface area contributed by atoms with Crippen molar-refractivity contribution in [2.45, 2.75) is 20.3 Å². The zero-order chi connectivity index (χ0) is 13.3. The van der Waals surface area contributed by atoms with Gasteiger partial charge in [0.05, 0.1) is 23.0 Å². The fourth-order valence-electron chi connectivity index (χ4n) is 2.06. The van der Waals surface area contributed by atoms with Gasteiger partial charge in [-0.3, -0.25) is 4.98 Å². The lowest BCUT2D eigenvalue weighted by Crippen LogP contribution is -2.01. The Kier molecular flexibility index (Phi) is 3.62. The Morgan fingerprint density at radius 1 is 1.39 bits per heavy atom. The summed E-state index contributed by atoms with van der Waals surface area (Å²) in [6.45, 7) is 4.30. The number of fused-ring (bicyclic) bond motifs is 1. The molecule has 0 radical (unpaired) electrons. The number of aromatic nitrogens is 1. The van der Waals surface area contributed by atoms with E-state index >= 15 is 0 Å². The fourth-order valence-corrected chi connectivity index (χ4v) is 2.26. The van der Waals surface area contributed by atoms with Crippen LogP contribution in [0.15, 0.2) is 18.2 Å². The Hall–Kier alpha value is -1.48. The van der Waals surface area contributed by atoms with Crippen LogP contribution in [0, 0.1) is 5.92 Å². The topological polar surface area (TPSA) is 48.1 Å². The molecule has 0 aliphatic heterocycles. The van der Waals surface area contributed by atoms with Gasteiger partial charge in [-0.2, -0.15) is 0 Å². The lowest BCUT2D eigenvalue weighted by atomic mass is 10.1. The van der Waals surface area contributed by atoms with Gasteiger partial charge in [0, 0.05) is 11.4 Å². The van der Waals surface area contributed by atoms with Crippen molar-refractivity contribution in [1.82, 2.24) is 4.98 Å². The average molecular weight is 265 g/mol. The molecule has 3 nitrogen and oxygen atoms in total. The number of hydrogen-bond acceptors (Lipinski definition) is 3. The molecule has 2 rings (SSSR count). The number of nitrogens with two attached hydrogens (primary N) is 1. The Bertz CT molecular complexity index is 582. The van der Waals surface area contributed by atoms with Gasteiger partial charge in [-0.1, -0.05) is 25.4 Å². The zero-order valence-electron chi connectivity index (χ0n) is 10.8. The van der Waals surface area contributed by atoms with Crippen LogP contribution in [-0.2, 0) is 6.42 Å². The minimum Gasteiger partial charge on any atom is -0.496 e. The van der Waals surface area contributed by atoms with Crippen molar-refractivity contribution in [1.29, 1.82) is 0 Å². The highest BCUT2D eigenvalue weighted by Crippen LogP contribution is 2.34. The van der Waals surface area contributed by atoms with E-state index in [2.05, 4.69) is 18.8 Å². The highest BCUT2D eigenvalue weighted by atomic mass is 35.5. The highest BCUT2D eigenvalue weighted by Gasteiger charge is 2.12. The Morgan fingerprint density at radius 2 is 2.11 bits per heavy atom. The summed E-state index contributed by atoms with van der Waals surface area (Å²) >= 11 is 6.19. The molecule has 0 atom stereocenters. The van der Waals surface area contributed by atoms with Crippen LogP contribution in [0.5, 0.6) is 5.75 Å². The Labute approximate surface area is 112 Å². The molecule has 0 unspecified atom stereocenters. The summed E-state index contributed by atoms with van der Waals surface area (Å²) in [4.78, 5) is 4.59. The van der Waals surface area contributed by atoms with Crippen LogP contribution < -0.4 is 10.5 Å². The molecule has 0 saturated heterocycles. The molecule has 0 fully saturated rings. The first kappa shape index (κ1) is 13.0. The number of benzene rings is 1. The van der Waals surface area contributed by atoms with Gasteiger partial charge in [0.25, 0.3) is 0 Å². The summed E-state index contributed by atoms with van der Waals surface area (Å²) < 4.78 is 5.31. The van der Waals surface area contributed by atoms with Gasteiger partial charge in [0.15, 0.2) is 0 Å². The maximum absolute atomic E-state index is 6.19. The molecule has 2 aromatic rings. The predicted octanol–water partition coefficient (Wildman–Crippen LogP) is 3.68. The number of hydrogen-bond donors (Lipinski definition) is 1. The SMILES string of the molecule is COc1ccc(Cl)c2nc(CC(C)C)cc(N)c12. The third kappa shape index (κ3) is 2.36. The first-order valence-electron chi connectivity index (χ1n) is 5.94. The molecule has 0 aliphatic carbocycles. The van der Waals surface area contributed by atoms with Crippen molar-refractivity contribution in [3.8, 4) is 5.75 Å². The van der Waals surface area contributed by atoms with Crippen LogP contribution >= 0.6 is 11.6 Å². The molecular weight excluding hydrogens is 248 g/mol. The lowest BCUT2D eigenvalue weighted by Gasteiger charge is -2.12. The van der Waals surface area contributed by atoms with Gasteiger partial charge in [0.2, 0.25) is 0 Å². The molecule has 1 aromatic carbocycles. The minimum atomic E-state index is 0.527. The normalized spacial score (nSPS) is 11.2. The van der Waals surface area contributed by atoms with Crippen molar-refractivity contribution < 1.29 is 4.74 Å². The highest BCUT2D eigenvalue weighted by molar-refractivity contribution is 6.35. The summed E-state index contributed by atoms with van der Waals surface area (Å²) in [6, 6.07) is 5.50. The van der Waals surface area contributed by atoms with Crippen molar-refractivity contribution in [3.63, 3.8) is 0 Å². The van der Waals surface area contributed by atoms with E-state index in [9.17, 15) is 0 Å². The standard InChI is InChI=1S/C14H17ClN2O/c1-8(2)6-9-7-11(16)13-12(18-3)5-4-10(15)14(13)17-9/h4-5,7-8H,6H2,1-3H3,(H2,16,17). The van der Waals surface area contributed by atoms with E-state index in [4.69, 9.17) is 22.1 Å². The van der Waals surface area contributed by atoms with E-state index in [1.165, 1.54) is 0 Å². The fraction of sp³-hybridized carbons (Fsp3) is 0.357. The van der Waals surface area contributed by atoms with Gasteiger partial charge in [-0.25, -0.2) is 0 Å². The molecular formula is C14H17ClN2O. The second-order valence-electron chi connectivity index (χ2n) is 4.77. The van der Waals surface area contributed by atoms with E-state index in [0.29, 0.717) is 27.9 Å². The van der Waals surface area contributed by atoms with Gasteiger partial charge in [0.1, 0.15) is 5.75 Å². The second-order valence-corrected chi connectivity index (χ2v) is 5.18. The van der Waals surface area contributed by atoms with E-state index in [1.54, 1.807) is 13.2 Å². The molecule has 18 heavy (non-hydrogen) atoms.